The van der Waals surface area contributed by atoms with Gasteiger partial charge < -0.3 is 19.5 Å². The van der Waals surface area contributed by atoms with Crippen molar-refractivity contribution in [3.8, 4) is 11.5 Å². The Morgan fingerprint density at radius 3 is 2.67 bits per heavy atom. The van der Waals surface area contributed by atoms with E-state index in [1.807, 2.05) is 6.07 Å². The highest BCUT2D eigenvalue weighted by atomic mass is 35.5. The van der Waals surface area contributed by atoms with Crippen LogP contribution in [0.4, 0.5) is 0 Å². The van der Waals surface area contributed by atoms with Crippen LogP contribution in [0.15, 0.2) is 18.2 Å². The summed E-state index contributed by atoms with van der Waals surface area (Å²) in [5.41, 5.74) is -0.108. The Hall–Kier alpha value is -1.66. The van der Waals surface area contributed by atoms with Gasteiger partial charge in [-0.15, -0.1) is 23.2 Å². The molecule has 1 aliphatic heterocycles. The molecule has 24 heavy (non-hydrogen) atoms. The summed E-state index contributed by atoms with van der Waals surface area (Å²) < 4.78 is 14.6. The minimum absolute atomic E-state index is 0.194. The largest absolute Gasteiger partial charge is 0.454 e. The maximum absolute atomic E-state index is 12.1. The Bertz CT molecular complexity index is 693. The van der Waals surface area contributed by atoms with Crippen molar-refractivity contribution >= 4 is 35.1 Å². The Morgan fingerprint density at radius 1 is 1.33 bits per heavy atom. The molecule has 1 heterocycles. The highest BCUT2D eigenvalue weighted by Crippen LogP contribution is 2.64. The van der Waals surface area contributed by atoms with Crippen LogP contribution in [0.25, 0.3) is 0 Å². The second-order valence-electron chi connectivity index (χ2n) is 6.17. The van der Waals surface area contributed by atoms with E-state index in [1.54, 1.807) is 19.1 Å². The Balaban J connectivity index is 1.51. The number of hydrogen-bond acceptors (Lipinski definition) is 5. The second kappa shape index (κ2) is 6.01. The van der Waals surface area contributed by atoms with E-state index in [0.717, 1.165) is 5.56 Å². The number of carbonyl (C=O) groups is 2. The third-order valence-electron chi connectivity index (χ3n) is 4.27. The van der Waals surface area contributed by atoms with Crippen LogP contribution in [-0.2, 0) is 20.9 Å². The number of alkyl halides is 2. The van der Waals surface area contributed by atoms with Gasteiger partial charge in [-0.05, 0) is 31.5 Å². The molecule has 2 aliphatic rings. The molecule has 3 rings (SSSR count). The predicted octanol–water partition coefficient (Wildman–Crippen LogP) is 2.55. The lowest BCUT2D eigenvalue weighted by Gasteiger charge is -2.17. The fourth-order valence-electron chi connectivity index (χ4n) is 2.35. The van der Waals surface area contributed by atoms with E-state index in [2.05, 4.69) is 5.32 Å². The number of hydrogen-bond donors (Lipinski definition) is 1. The van der Waals surface area contributed by atoms with E-state index in [4.69, 9.17) is 37.4 Å². The lowest BCUT2D eigenvalue weighted by molar-refractivity contribution is -0.159. The molecule has 0 saturated heterocycles. The molecule has 6 nitrogen and oxygen atoms in total. The molecule has 1 saturated carbocycles. The van der Waals surface area contributed by atoms with Gasteiger partial charge in [0.05, 0.1) is 0 Å². The average molecular weight is 374 g/mol. The van der Waals surface area contributed by atoms with Crippen molar-refractivity contribution in [2.24, 2.45) is 5.41 Å². The van der Waals surface area contributed by atoms with Crippen molar-refractivity contribution in [2.75, 3.05) is 6.79 Å². The second-order valence-corrected chi connectivity index (χ2v) is 7.65. The summed E-state index contributed by atoms with van der Waals surface area (Å²) >= 11 is 11.9. The fourth-order valence-corrected chi connectivity index (χ4v) is 3.04. The molecule has 2 atom stereocenters. The van der Waals surface area contributed by atoms with Crippen molar-refractivity contribution in [1.82, 2.24) is 5.32 Å². The SMILES string of the molecule is C[C@H](OC(=O)[C@@]1(C)CC1(Cl)Cl)C(=O)NCc1ccc2c(c1)OCO2. The van der Waals surface area contributed by atoms with E-state index in [9.17, 15) is 9.59 Å². The first-order chi connectivity index (χ1) is 11.2. The maximum Gasteiger partial charge on any atom is 0.315 e. The molecule has 0 radical (unpaired) electrons. The van der Waals surface area contributed by atoms with Crippen molar-refractivity contribution in [2.45, 2.75) is 37.3 Å². The Kier molecular flexibility index (Phi) is 4.30. The van der Waals surface area contributed by atoms with E-state index in [-0.39, 0.29) is 13.3 Å². The van der Waals surface area contributed by atoms with E-state index < -0.39 is 27.7 Å². The lowest BCUT2D eigenvalue weighted by Crippen LogP contribution is -2.37. The van der Waals surface area contributed by atoms with E-state index in [1.165, 1.54) is 6.92 Å². The highest BCUT2D eigenvalue weighted by molar-refractivity contribution is 6.53. The van der Waals surface area contributed by atoms with Crippen molar-refractivity contribution in [3.05, 3.63) is 23.8 Å². The van der Waals surface area contributed by atoms with Gasteiger partial charge in [0, 0.05) is 13.0 Å². The van der Waals surface area contributed by atoms with Crippen LogP contribution < -0.4 is 14.8 Å². The van der Waals surface area contributed by atoms with Crippen molar-refractivity contribution in [1.29, 1.82) is 0 Å². The molecule has 8 heteroatoms. The number of amides is 1. The summed E-state index contributed by atoms with van der Waals surface area (Å²) in [4.78, 5) is 24.1. The number of ether oxygens (including phenoxy) is 3. The normalized spacial score (nSPS) is 24.2. The van der Waals surface area contributed by atoms with Crippen molar-refractivity contribution < 1.29 is 23.8 Å². The first-order valence-corrected chi connectivity index (χ1v) is 8.24. The average Bonchev–Trinajstić information content (AvgIpc) is 2.88. The summed E-state index contributed by atoms with van der Waals surface area (Å²) in [5, 5.41) is 2.71. The molecule has 0 spiro atoms. The van der Waals surface area contributed by atoms with Gasteiger partial charge in [0.2, 0.25) is 6.79 Å². The molecule has 0 aromatic heterocycles. The fraction of sp³-hybridized carbons (Fsp3) is 0.500. The van der Waals surface area contributed by atoms with E-state index in [0.29, 0.717) is 17.9 Å². The number of fused-ring (bicyclic) bond motifs is 1. The molecule has 0 unspecified atom stereocenters. The van der Waals surface area contributed by atoms with Gasteiger partial charge in [-0.25, -0.2) is 0 Å². The molecule has 1 aliphatic carbocycles. The Labute approximate surface area is 149 Å². The van der Waals surface area contributed by atoms with Gasteiger partial charge in [-0.3, -0.25) is 9.59 Å². The minimum Gasteiger partial charge on any atom is -0.454 e. The topological polar surface area (TPSA) is 73.9 Å². The zero-order valence-electron chi connectivity index (χ0n) is 13.2. The van der Waals surface area contributed by atoms with Crippen LogP contribution in [-0.4, -0.2) is 29.1 Å². The van der Waals surface area contributed by atoms with Crippen LogP contribution in [0.3, 0.4) is 0 Å². The predicted molar refractivity (Wildman–Crippen MR) is 87.1 cm³/mol. The first kappa shape index (κ1) is 17.2. The number of nitrogens with one attached hydrogen (secondary N) is 1. The van der Waals surface area contributed by atoms with E-state index >= 15 is 0 Å². The number of rotatable bonds is 5. The third-order valence-corrected chi connectivity index (χ3v) is 5.37. The molecule has 130 valence electrons. The summed E-state index contributed by atoms with van der Waals surface area (Å²) in [6.07, 6.45) is -0.624. The van der Waals surface area contributed by atoms with Gasteiger partial charge in [-0.2, -0.15) is 0 Å². The summed E-state index contributed by atoms with van der Waals surface area (Å²) in [6, 6.07) is 5.40. The first-order valence-electron chi connectivity index (χ1n) is 7.48. The zero-order chi connectivity index (χ0) is 17.5. The number of benzene rings is 1. The number of esters is 1. The molecule has 1 amide bonds. The quantitative estimate of drug-likeness (QED) is 0.634. The number of halogens is 2. The van der Waals surface area contributed by atoms with Gasteiger partial charge >= 0.3 is 5.97 Å². The molecule has 0 bridgehead atoms. The van der Waals surface area contributed by atoms with Gasteiger partial charge in [0.1, 0.15) is 9.75 Å². The Morgan fingerprint density at radius 2 is 2.00 bits per heavy atom. The van der Waals surface area contributed by atoms with Crippen LogP contribution in [0.1, 0.15) is 25.8 Å². The summed E-state index contributed by atoms with van der Waals surface area (Å²) in [5.74, 6) is 0.345. The monoisotopic (exact) mass is 373 g/mol. The summed E-state index contributed by atoms with van der Waals surface area (Å²) in [6.45, 7) is 3.60. The smallest absolute Gasteiger partial charge is 0.315 e. The van der Waals surface area contributed by atoms with Gasteiger partial charge in [0.25, 0.3) is 5.91 Å². The van der Waals surface area contributed by atoms with Crippen LogP contribution in [0.2, 0.25) is 0 Å². The molecule has 1 aromatic rings. The minimum atomic E-state index is -1.12. The standard InChI is InChI=1S/C16H17Cl2NO5/c1-9(24-14(21)15(2)7-16(15,17)18)13(20)19-6-10-3-4-11-12(5-10)23-8-22-11/h3-5,9H,6-8H2,1-2H3,(H,19,20)/t9-,15+/m0/s1. The van der Waals surface area contributed by atoms with Gasteiger partial charge in [0.15, 0.2) is 17.6 Å². The zero-order valence-corrected chi connectivity index (χ0v) is 14.7. The maximum atomic E-state index is 12.1. The lowest BCUT2D eigenvalue weighted by atomic mass is 10.1. The summed E-state index contributed by atoms with van der Waals surface area (Å²) in [7, 11) is 0. The highest BCUT2D eigenvalue weighted by Gasteiger charge is 2.69. The molecular formula is C16H17Cl2NO5. The molecule has 1 aromatic carbocycles. The molecular weight excluding hydrogens is 357 g/mol. The van der Waals surface area contributed by atoms with Crippen LogP contribution >= 0.6 is 23.2 Å². The van der Waals surface area contributed by atoms with Gasteiger partial charge in [-0.1, -0.05) is 6.07 Å². The number of carbonyl (C=O) groups excluding carboxylic acids is 2. The van der Waals surface area contributed by atoms with Crippen LogP contribution in [0.5, 0.6) is 11.5 Å². The molecule has 1 N–H and O–H groups in total. The van der Waals surface area contributed by atoms with Crippen molar-refractivity contribution in [3.63, 3.8) is 0 Å². The molecule has 1 fully saturated rings. The third kappa shape index (κ3) is 3.13. The van der Waals surface area contributed by atoms with Crippen LogP contribution in [0, 0.1) is 5.41 Å².